The van der Waals surface area contributed by atoms with Gasteiger partial charge in [-0.3, -0.25) is 4.79 Å². The second-order valence-electron chi connectivity index (χ2n) is 6.36. The number of anilines is 1. The van der Waals surface area contributed by atoms with Gasteiger partial charge < -0.3 is 15.4 Å². The summed E-state index contributed by atoms with van der Waals surface area (Å²) in [6.45, 7) is 3.56. The van der Waals surface area contributed by atoms with Crippen molar-refractivity contribution in [3.8, 4) is 5.75 Å². The maximum atomic E-state index is 12.3. The monoisotopic (exact) mass is 360 g/mol. The quantitative estimate of drug-likeness (QED) is 0.846. The van der Waals surface area contributed by atoms with Gasteiger partial charge in [0.15, 0.2) is 0 Å². The number of amides is 1. The molecular weight excluding hydrogens is 336 g/mol. The molecular formula is C20H25ClN2O2. The van der Waals surface area contributed by atoms with Crippen molar-refractivity contribution in [1.29, 1.82) is 0 Å². The molecule has 0 aliphatic carbocycles. The van der Waals surface area contributed by atoms with E-state index in [0.717, 1.165) is 36.4 Å². The fourth-order valence-corrected chi connectivity index (χ4v) is 2.98. The highest BCUT2D eigenvalue weighted by molar-refractivity contribution is 5.92. The fourth-order valence-electron chi connectivity index (χ4n) is 2.98. The van der Waals surface area contributed by atoms with E-state index in [4.69, 9.17) is 4.74 Å². The molecule has 0 saturated carbocycles. The van der Waals surface area contributed by atoms with Gasteiger partial charge in [0, 0.05) is 17.6 Å². The van der Waals surface area contributed by atoms with Crippen LogP contribution in [0.25, 0.3) is 0 Å². The summed E-state index contributed by atoms with van der Waals surface area (Å²) in [6.07, 6.45) is 1.80. The molecule has 2 atom stereocenters. The highest BCUT2D eigenvalue weighted by Crippen LogP contribution is 2.19. The van der Waals surface area contributed by atoms with Gasteiger partial charge in [0.1, 0.15) is 12.4 Å². The SMILES string of the molecule is C[C@H]1C[C@@H](C(=O)Nc2ccc(COc3ccccc3)cc2)CCN1.Cl. The molecule has 5 heteroatoms. The van der Waals surface area contributed by atoms with Crippen LogP contribution < -0.4 is 15.4 Å². The standard InChI is InChI=1S/C20H24N2O2.ClH/c1-15-13-17(11-12-21-15)20(23)22-18-9-7-16(8-10-18)14-24-19-5-3-2-4-6-19;/h2-10,15,17,21H,11-14H2,1H3,(H,22,23);1H/t15-,17-;/m0./s1. The van der Waals surface area contributed by atoms with E-state index in [1.807, 2.05) is 54.6 Å². The van der Waals surface area contributed by atoms with Crippen LogP contribution in [0.15, 0.2) is 54.6 Å². The van der Waals surface area contributed by atoms with Gasteiger partial charge in [-0.2, -0.15) is 0 Å². The van der Waals surface area contributed by atoms with E-state index in [9.17, 15) is 4.79 Å². The normalized spacial score (nSPS) is 19.6. The Morgan fingerprint density at radius 1 is 1.16 bits per heavy atom. The number of hydrogen-bond acceptors (Lipinski definition) is 3. The van der Waals surface area contributed by atoms with Gasteiger partial charge in [0.25, 0.3) is 0 Å². The predicted octanol–water partition coefficient (Wildman–Crippen LogP) is 4.01. The van der Waals surface area contributed by atoms with Gasteiger partial charge >= 0.3 is 0 Å². The number of para-hydroxylation sites is 1. The molecule has 1 heterocycles. The number of piperidine rings is 1. The number of halogens is 1. The minimum Gasteiger partial charge on any atom is -0.489 e. The summed E-state index contributed by atoms with van der Waals surface area (Å²) in [7, 11) is 0. The first-order valence-electron chi connectivity index (χ1n) is 8.52. The third-order valence-corrected chi connectivity index (χ3v) is 4.36. The second kappa shape index (κ2) is 9.44. The van der Waals surface area contributed by atoms with E-state index in [2.05, 4.69) is 17.6 Å². The average molecular weight is 361 g/mol. The molecule has 0 unspecified atom stereocenters. The van der Waals surface area contributed by atoms with Crippen LogP contribution in [-0.2, 0) is 11.4 Å². The number of nitrogens with one attached hydrogen (secondary N) is 2. The zero-order chi connectivity index (χ0) is 16.8. The molecule has 2 N–H and O–H groups in total. The van der Waals surface area contributed by atoms with Crippen molar-refractivity contribution in [2.24, 2.45) is 5.92 Å². The topological polar surface area (TPSA) is 50.4 Å². The molecule has 1 fully saturated rings. The molecule has 4 nitrogen and oxygen atoms in total. The minimum absolute atomic E-state index is 0. The summed E-state index contributed by atoms with van der Waals surface area (Å²) < 4.78 is 5.73. The average Bonchev–Trinajstić information content (AvgIpc) is 2.62. The molecule has 1 aliphatic rings. The second-order valence-corrected chi connectivity index (χ2v) is 6.36. The van der Waals surface area contributed by atoms with Crippen LogP contribution in [0.5, 0.6) is 5.75 Å². The minimum atomic E-state index is 0. The number of ether oxygens (including phenoxy) is 1. The molecule has 2 aromatic carbocycles. The summed E-state index contributed by atoms with van der Waals surface area (Å²) in [4.78, 5) is 12.3. The number of hydrogen-bond donors (Lipinski definition) is 2. The Bertz CT molecular complexity index is 661. The van der Waals surface area contributed by atoms with E-state index in [1.165, 1.54) is 0 Å². The maximum Gasteiger partial charge on any atom is 0.227 e. The van der Waals surface area contributed by atoms with Gasteiger partial charge in [-0.25, -0.2) is 0 Å². The van der Waals surface area contributed by atoms with E-state index in [0.29, 0.717) is 12.6 Å². The molecule has 134 valence electrons. The highest BCUT2D eigenvalue weighted by atomic mass is 35.5. The molecule has 1 amide bonds. The molecule has 0 bridgehead atoms. The van der Waals surface area contributed by atoms with Crippen molar-refractivity contribution in [3.63, 3.8) is 0 Å². The third-order valence-electron chi connectivity index (χ3n) is 4.36. The van der Waals surface area contributed by atoms with Crippen molar-refractivity contribution >= 4 is 24.0 Å². The first-order valence-corrected chi connectivity index (χ1v) is 8.52. The molecule has 2 aromatic rings. The number of carbonyl (C=O) groups excluding carboxylic acids is 1. The van der Waals surface area contributed by atoms with Crippen LogP contribution >= 0.6 is 12.4 Å². The van der Waals surface area contributed by atoms with Crippen LogP contribution in [-0.4, -0.2) is 18.5 Å². The first kappa shape index (κ1) is 19.3. The number of carbonyl (C=O) groups is 1. The van der Waals surface area contributed by atoms with Crippen LogP contribution in [0.3, 0.4) is 0 Å². The van der Waals surface area contributed by atoms with Gasteiger partial charge in [-0.15, -0.1) is 12.4 Å². The molecule has 1 aliphatic heterocycles. The fraction of sp³-hybridized carbons (Fsp3) is 0.350. The maximum absolute atomic E-state index is 12.3. The smallest absolute Gasteiger partial charge is 0.227 e. The first-order chi connectivity index (χ1) is 11.7. The Hall–Kier alpha value is -2.04. The van der Waals surface area contributed by atoms with Gasteiger partial charge in [0.2, 0.25) is 5.91 Å². The lowest BCUT2D eigenvalue weighted by Crippen LogP contribution is -2.40. The Labute approximate surface area is 155 Å². The summed E-state index contributed by atoms with van der Waals surface area (Å²) in [5.74, 6) is 1.08. The zero-order valence-corrected chi connectivity index (χ0v) is 15.2. The van der Waals surface area contributed by atoms with Crippen molar-refractivity contribution < 1.29 is 9.53 Å². The molecule has 1 saturated heterocycles. The summed E-state index contributed by atoms with van der Waals surface area (Å²) >= 11 is 0. The van der Waals surface area contributed by atoms with E-state index in [1.54, 1.807) is 0 Å². The summed E-state index contributed by atoms with van der Waals surface area (Å²) in [5.41, 5.74) is 1.92. The van der Waals surface area contributed by atoms with E-state index in [-0.39, 0.29) is 24.2 Å². The number of benzene rings is 2. The number of rotatable bonds is 5. The molecule has 0 radical (unpaired) electrons. The predicted molar refractivity (Wildman–Crippen MR) is 103 cm³/mol. The van der Waals surface area contributed by atoms with Crippen LogP contribution in [0.1, 0.15) is 25.3 Å². The Morgan fingerprint density at radius 3 is 2.56 bits per heavy atom. The largest absolute Gasteiger partial charge is 0.489 e. The van der Waals surface area contributed by atoms with Crippen molar-refractivity contribution in [2.75, 3.05) is 11.9 Å². The molecule has 25 heavy (non-hydrogen) atoms. The lowest BCUT2D eigenvalue weighted by Gasteiger charge is -2.27. The van der Waals surface area contributed by atoms with E-state index >= 15 is 0 Å². The highest BCUT2D eigenvalue weighted by Gasteiger charge is 2.24. The molecule has 3 rings (SSSR count). The van der Waals surface area contributed by atoms with E-state index < -0.39 is 0 Å². The van der Waals surface area contributed by atoms with Crippen LogP contribution in [0, 0.1) is 5.92 Å². The lowest BCUT2D eigenvalue weighted by molar-refractivity contribution is -0.120. The molecule has 0 spiro atoms. The van der Waals surface area contributed by atoms with Gasteiger partial charge in [-0.1, -0.05) is 30.3 Å². The Morgan fingerprint density at radius 2 is 1.88 bits per heavy atom. The molecule has 0 aromatic heterocycles. The van der Waals surface area contributed by atoms with Crippen LogP contribution in [0.4, 0.5) is 5.69 Å². The lowest BCUT2D eigenvalue weighted by atomic mass is 9.92. The summed E-state index contributed by atoms with van der Waals surface area (Å²) in [6, 6.07) is 18.0. The van der Waals surface area contributed by atoms with Crippen molar-refractivity contribution in [2.45, 2.75) is 32.4 Å². The van der Waals surface area contributed by atoms with Crippen LogP contribution in [0.2, 0.25) is 0 Å². The Kier molecular flexibility index (Phi) is 7.29. The summed E-state index contributed by atoms with van der Waals surface area (Å²) in [5, 5.41) is 6.40. The van der Waals surface area contributed by atoms with Gasteiger partial charge in [-0.05, 0) is 56.1 Å². The van der Waals surface area contributed by atoms with Gasteiger partial charge in [0.05, 0.1) is 0 Å². The van der Waals surface area contributed by atoms with Crippen molar-refractivity contribution in [3.05, 3.63) is 60.2 Å². The van der Waals surface area contributed by atoms with Crippen molar-refractivity contribution in [1.82, 2.24) is 5.32 Å². The third kappa shape index (κ3) is 5.76. The Balaban J connectivity index is 0.00000225. The zero-order valence-electron chi connectivity index (χ0n) is 14.4.